The van der Waals surface area contributed by atoms with Gasteiger partial charge in [0.05, 0.1) is 12.2 Å². The van der Waals surface area contributed by atoms with E-state index in [1.807, 2.05) is 24.3 Å². The first kappa shape index (κ1) is 12.9. The SMILES string of the molecule is O=C(O)[C@H]1CC[C@@H](C(=O)N2CCOc3ccccc32)O1. The summed E-state index contributed by atoms with van der Waals surface area (Å²) in [6.07, 6.45) is -0.741. The van der Waals surface area contributed by atoms with E-state index in [9.17, 15) is 9.59 Å². The number of aliphatic carboxylic acids is 1. The van der Waals surface area contributed by atoms with Crippen molar-refractivity contribution >= 4 is 17.6 Å². The van der Waals surface area contributed by atoms with Crippen LogP contribution in [-0.2, 0) is 14.3 Å². The van der Waals surface area contributed by atoms with Crippen molar-refractivity contribution in [2.45, 2.75) is 25.0 Å². The van der Waals surface area contributed by atoms with Crippen LogP contribution in [0.15, 0.2) is 24.3 Å². The average Bonchev–Trinajstić information content (AvgIpc) is 2.96. The number of para-hydroxylation sites is 2. The van der Waals surface area contributed by atoms with Gasteiger partial charge >= 0.3 is 5.97 Å². The fourth-order valence-corrected chi connectivity index (χ4v) is 2.57. The number of carboxylic acid groups (broad SMARTS) is 1. The van der Waals surface area contributed by atoms with Gasteiger partial charge in [-0.3, -0.25) is 4.79 Å². The Morgan fingerprint density at radius 2 is 1.95 bits per heavy atom. The zero-order valence-corrected chi connectivity index (χ0v) is 10.8. The molecule has 2 atom stereocenters. The molecule has 0 aliphatic carbocycles. The summed E-state index contributed by atoms with van der Waals surface area (Å²) in [6.45, 7) is 0.880. The number of anilines is 1. The minimum absolute atomic E-state index is 0.190. The van der Waals surface area contributed by atoms with Crippen molar-refractivity contribution in [3.05, 3.63) is 24.3 Å². The molecule has 2 aliphatic heterocycles. The molecule has 1 aromatic carbocycles. The second-order valence-electron chi connectivity index (χ2n) is 4.84. The molecule has 1 saturated heterocycles. The first-order valence-electron chi connectivity index (χ1n) is 6.58. The van der Waals surface area contributed by atoms with Crippen LogP contribution in [-0.4, -0.2) is 42.3 Å². The zero-order valence-electron chi connectivity index (χ0n) is 10.8. The number of carbonyl (C=O) groups is 2. The molecule has 20 heavy (non-hydrogen) atoms. The molecule has 0 spiro atoms. The molecule has 0 aromatic heterocycles. The van der Waals surface area contributed by atoms with E-state index in [0.29, 0.717) is 37.4 Å². The van der Waals surface area contributed by atoms with Crippen molar-refractivity contribution < 1.29 is 24.2 Å². The highest BCUT2D eigenvalue weighted by Crippen LogP contribution is 2.33. The van der Waals surface area contributed by atoms with E-state index in [0.717, 1.165) is 0 Å². The molecule has 0 unspecified atom stereocenters. The lowest BCUT2D eigenvalue weighted by Crippen LogP contribution is -2.44. The van der Waals surface area contributed by atoms with Crippen molar-refractivity contribution in [1.82, 2.24) is 0 Å². The highest BCUT2D eigenvalue weighted by molar-refractivity contribution is 5.98. The van der Waals surface area contributed by atoms with Crippen LogP contribution < -0.4 is 9.64 Å². The zero-order chi connectivity index (χ0) is 14.1. The minimum Gasteiger partial charge on any atom is -0.490 e. The third-order valence-electron chi connectivity index (χ3n) is 3.56. The normalized spacial score (nSPS) is 24.9. The van der Waals surface area contributed by atoms with Gasteiger partial charge in [-0.15, -0.1) is 0 Å². The van der Waals surface area contributed by atoms with Crippen LogP contribution >= 0.6 is 0 Å². The van der Waals surface area contributed by atoms with Crippen LogP contribution in [0.5, 0.6) is 5.75 Å². The Hall–Kier alpha value is -2.08. The number of benzene rings is 1. The number of hydrogen-bond acceptors (Lipinski definition) is 4. The summed E-state index contributed by atoms with van der Waals surface area (Å²) in [5, 5.41) is 8.91. The average molecular weight is 277 g/mol. The number of hydrogen-bond donors (Lipinski definition) is 1. The first-order chi connectivity index (χ1) is 9.66. The molecule has 2 aliphatic rings. The van der Waals surface area contributed by atoms with Gasteiger partial charge in [-0.05, 0) is 25.0 Å². The second-order valence-corrected chi connectivity index (χ2v) is 4.84. The van der Waals surface area contributed by atoms with E-state index in [-0.39, 0.29) is 5.91 Å². The number of carbonyl (C=O) groups excluding carboxylic acids is 1. The smallest absolute Gasteiger partial charge is 0.332 e. The van der Waals surface area contributed by atoms with Gasteiger partial charge < -0.3 is 19.5 Å². The van der Waals surface area contributed by atoms with E-state index in [4.69, 9.17) is 14.6 Å². The Labute approximate surface area is 115 Å². The summed E-state index contributed by atoms with van der Waals surface area (Å²) in [7, 11) is 0. The summed E-state index contributed by atoms with van der Waals surface area (Å²) in [4.78, 5) is 25.0. The maximum atomic E-state index is 12.5. The lowest BCUT2D eigenvalue weighted by Gasteiger charge is -2.31. The van der Waals surface area contributed by atoms with Gasteiger partial charge in [0.25, 0.3) is 5.91 Å². The predicted octanol–water partition coefficient (Wildman–Crippen LogP) is 1.04. The van der Waals surface area contributed by atoms with Crippen molar-refractivity contribution in [2.24, 2.45) is 0 Å². The summed E-state index contributed by atoms with van der Waals surface area (Å²) < 4.78 is 10.8. The maximum absolute atomic E-state index is 12.5. The Morgan fingerprint density at radius 3 is 2.70 bits per heavy atom. The van der Waals surface area contributed by atoms with Crippen LogP contribution in [0.2, 0.25) is 0 Å². The third kappa shape index (κ3) is 2.22. The monoisotopic (exact) mass is 277 g/mol. The summed E-state index contributed by atoms with van der Waals surface area (Å²) >= 11 is 0. The van der Waals surface area contributed by atoms with E-state index in [2.05, 4.69) is 0 Å². The summed E-state index contributed by atoms with van der Waals surface area (Å²) in [6, 6.07) is 7.31. The van der Waals surface area contributed by atoms with Crippen LogP contribution in [0.25, 0.3) is 0 Å². The minimum atomic E-state index is -1.01. The van der Waals surface area contributed by atoms with Crippen LogP contribution in [0, 0.1) is 0 Å². The van der Waals surface area contributed by atoms with Gasteiger partial charge in [0, 0.05) is 0 Å². The molecule has 6 nitrogen and oxygen atoms in total. The Bertz CT molecular complexity index is 544. The molecule has 1 fully saturated rings. The number of nitrogens with zero attached hydrogens (tertiary/aromatic N) is 1. The van der Waals surface area contributed by atoms with Crippen LogP contribution in [0.3, 0.4) is 0 Å². The molecule has 1 N–H and O–H groups in total. The largest absolute Gasteiger partial charge is 0.490 e. The molecule has 0 saturated carbocycles. The second kappa shape index (κ2) is 5.13. The highest BCUT2D eigenvalue weighted by Gasteiger charge is 2.38. The summed E-state index contributed by atoms with van der Waals surface area (Å²) in [5.41, 5.74) is 0.714. The molecule has 1 amide bonds. The van der Waals surface area contributed by atoms with Crippen molar-refractivity contribution in [3.63, 3.8) is 0 Å². The van der Waals surface area contributed by atoms with E-state index < -0.39 is 18.2 Å². The van der Waals surface area contributed by atoms with Crippen molar-refractivity contribution in [1.29, 1.82) is 0 Å². The third-order valence-corrected chi connectivity index (χ3v) is 3.56. The lowest BCUT2D eigenvalue weighted by molar-refractivity contribution is -0.151. The molecule has 3 rings (SSSR count). The predicted molar refractivity (Wildman–Crippen MR) is 69.8 cm³/mol. The molecule has 2 heterocycles. The number of rotatable bonds is 2. The molecular formula is C14H15NO5. The van der Waals surface area contributed by atoms with Gasteiger partial charge in [0.2, 0.25) is 0 Å². The molecular weight excluding hydrogens is 262 g/mol. The fraction of sp³-hybridized carbons (Fsp3) is 0.429. The van der Waals surface area contributed by atoms with Gasteiger partial charge in [-0.1, -0.05) is 12.1 Å². The highest BCUT2D eigenvalue weighted by atomic mass is 16.5. The standard InChI is InChI=1S/C14H15NO5/c16-13(11-5-6-12(20-11)14(17)18)15-7-8-19-10-4-2-1-3-9(10)15/h1-4,11-12H,5-8H2,(H,17,18)/t11-,12+/m0/s1. The molecule has 106 valence electrons. The first-order valence-corrected chi connectivity index (χ1v) is 6.58. The van der Waals surface area contributed by atoms with Crippen molar-refractivity contribution in [3.8, 4) is 5.75 Å². The summed E-state index contributed by atoms with van der Waals surface area (Å²) in [5.74, 6) is -0.535. The molecule has 6 heteroatoms. The van der Waals surface area contributed by atoms with E-state index in [1.54, 1.807) is 4.90 Å². The van der Waals surface area contributed by atoms with Crippen molar-refractivity contribution in [2.75, 3.05) is 18.1 Å². The fourth-order valence-electron chi connectivity index (χ4n) is 2.57. The van der Waals surface area contributed by atoms with Gasteiger partial charge in [0.1, 0.15) is 18.5 Å². The van der Waals surface area contributed by atoms with Crippen LogP contribution in [0.4, 0.5) is 5.69 Å². The number of carboxylic acids is 1. The Kier molecular flexibility index (Phi) is 3.31. The topological polar surface area (TPSA) is 76.1 Å². The van der Waals surface area contributed by atoms with Gasteiger partial charge in [-0.25, -0.2) is 4.79 Å². The Morgan fingerprint density at radius 1 is 1.20 bits per heavy atom. The molecule has 0 bridgehead atoms. The molecule has 0 radical (unpaired) electrons. The lowest BCUT2D eigenvalue weighted by atomic mass is 10.1. The van der Waals surface area contributed by atoms with Crippen LogP contribution in [0.1, 0.15) is 12.8 Å². The van der Waals surface area contributed by atoms with Gasteiger partial charge in [-0.2, -0.15) is 0 Å². The van der Waals surface area contributed by atoms with E-state index >= 15 is 0 Å². The number of amides is 1. The maximum Gasteiger partial charge on any atom is 0.332 e. The Balaban J connectivity index is 1.78. The quantitative estimate of drug-likeness (QED) is 0.874. The van der Waals surface area contributed by atoms with Gasteiger partial charge in [0.15, 0.2) is 6.10 Å². The number of ether oxygens (including phenoxy) is 2. The molecule has 1 aromatic rings. The number of fused-ring (bicyclic) bond motifs is 1. The van der Waals surface area contributed by atoms with E-state index in [1.165, 1.54) is 0 Å².